The first-order valence-corrected chi connectivity index (χ1v) is 7.70. The van der Waals surface area contributed by atoms with E-state index < -0.39 is 0 Å². The highest BCUT2D eigenvalue weighted by molar-refractivity contribution is 5.82. The Bertz CT molecular complexity index is 344. The molecule has 1 aliphatic carbocycles. The molecule has 0 aromatic carbocycles. The Morgan fingerprint density at radius 3 is 2.63 bits per heavy atom. The van der Waals surface area contributed by atoms with E-state index in [1.54, 1.807) is 0 Å². The maximum Gasteiger partial charge on any atom is 0.223 e. The van der Waals surface area contributed by atoms with Crippen LogP contribution in [0.5, 0.6) is 0 Å². The van der Waals surface area contributed by atoms with Crippen molar-refractivity contribution in [2.24, 2.45) is 16.7 Å². The quantitative estimate of drug-likeness (QED) is 0.810. The summed E-state index contributed by atoms with van der Waals surface area (Å²) in [6.45, 7) is 6.93. The molecule has 4 heteroatoms. The lowest BCUT2D eigenvalue weighted by molar-refractivity contribution is -0.124. The van der Waals surface area contributed by atoms with E-state index in [1.165, 1.54) is 12.8 Å². The molecule has 19 heavy (non-hydrogen) atoms. The van der Waals surface area contributed by atoms with Gasteiger partial charge in [-0.15, -0.1) is 0 Å². The van der Waals surface area contributed by atoms with Gasteiger partial charge in [-0.05, 0) is 56.0 Å². The molecule has 0 aromatic rings. The number of hydrogen-bond acceptors (Lipinski definition) is 3. The third kappa shape index (κ3) is 2.79. The largest absolute Gasteiger partial charge is 0.381 e. The number of hydrogen-bond donors (Lipinski definition) is 2. The van der Waals surface area contributed by atoms with Crippen molar-refractivity contribution in [1.29, 1.82) is 0 Å². The Morgan fingerprint density at radius 1 is 1.26 bits per heavy atom. The molecule has 1 spiro atoms. The van der Waals surface area contributed by atoms with Crippen LogP contribution in [0.15, 0.2) is 0 Å². The van der Waals surface area contributed by atoms with Gasteiger partial charge in [0.2, 0.25) is 5.91 Å². The van der Waals surface area contributed by atoms with Crippen LogP contribution in [0.25, 0.3) is 0 Å². The van der Waals surface area contributed by atoms with Crippen LogP contribution in [0.2, 0.25) is 0 Å². The number of carbonyl (C=O) groups is 1. The van der Waals surface area contributed by atoms with Gasteiger partial charge in [-0.25, -0.2) is 0 Å². The Kier molecular flexibility index (Phi) is 3.56. The van der Waals surface area contributed by atoms with E-state index >= 15 is 0 Å². The lowest BCUT2D eigenvalue weighted by Crippen LogP contribution is -2.41. The van der Waals surface area contributed by atoms with Crippen LogP contribution >= 0.6 is 0 Å². The van der Waals surface area contributed by atoms with E-state index in [-0.39, 0.29) is 11.3 Å². The molecular formula is C15H26N2O2. The summed E-state index contributed by atoms with van der Waals surface area (Å²) in [7, 11) is 0. The summed E-state index contributed by atoms with van der Waals surface area (Å²) in [6, 6.07) is 0. The zero-order chi connectivity index (χ0) is 13.3. The summed E-state index contributed by atoms with van der Waals surface area (Å²) in [5.41, 5.74) is 0.593. The van der Waals surface area contributed by atoms with Crippen LogP contribution in [0.1, 0.15) is 39.0 Å². The lowest BCUT2D eigenvalue weighted by atomic mass is 9.82. The predicted octanol–water partition coefficient (Wildman–Crippen LogP) is 1.31. The highest BCUT2D eigenvalue weighted by Gasteiger charge is 2.57. The second-order valence-electron chi connectivity index (χ2n) is 7.01. The van der Waals surface area contributed by atoms with Gasteiger partial charge in [-0.2, -0.15) is 0 Å². The summed E-state index contributed by atoms with van der Waals surface area (Å²) >= 11 is 0. The number of ether oxygens (including phenoxy) is 1. The molecule has 0 radical (unpaired) electrons. The summed E-state index contributed by atoms with van der Waals surface area (Å²) in [5.74, 6) is 0.590. The highest BCUT2D eigenvalue weighted by Crippen LogP contribution is 2.58. The van der Waals surface area contributed by atoms with Crippen LogP contribution in [-0.2, 0) is 9.53 Å². The molecule has 1 saturated carbocycles. The molecule has 2 aliphatic heterocycles. The average Bonchev–Trinajstić information content (AvgIpc) is 3.11. The van der Waals surface area contributed by atoms with Crippen molar-refractivity contribution in [2.45, 2.75) is 39.0 Å². The van der Waals surface area contributed by atoms with E-state index in [2.05, 4.69) is 17.6 Å². The third-order valence-corrected chi connectivity index (χ3v) is 5.49. The summed E-state index contributed by atoms with van der Waals surface area (Å²) in [5, 5.41) is 6.60. The third-order valence-electron chi connectivity index (χ3n) is 5.49. The predicted molar refractivity (Wildman–Crippen MR) is 73.8 cm³/mol. The van der Waals surface area contributed by atoms with Crippen LogP contribution < -0.4 is 10.6 Å². The first-order valence-electron chi connectivity index (χ1n) is 7.70. The van der Waals surface area contributed by atoms with Gasteiger partial charge >= 0.3 is 0 Å². The molecule has 3 fully saturated rings. The van der Waals surface area contributed by atoms with Crippen molar-refractivity contribution in [1.82, 2.24) is 10.6 Å². The molecule has 2 saturated heterocycles. The second kappa shape index (κ2) is 5.06. The fourth-order valence-electron chi connectivity index (χ4n) is 3.66. The average molecular weight is 266 g/mol. The van der Waals surface area contributed by atoms with Crippen LogP contribution in [0, 0.1) is 16.7 Å². The van der Waals surface area contributed by atoms with Gasteiger partial charge in [-0.1, -0.05) is 6.92 Å². The molecular weight excluding hydrogens is 240 g/mol. The Labute approximate surface area is 115 Å². The topological polar surface area (TPSA) is 50.4 Å². The van der Waals surface area contributed by atoms with E-state index in [1.807, 2.05) is 0 Å². The molecule has 1 unspecified atom stereocenters. The molecule has 2 N–H and O–H groups in total. The normalized spacial score (nSPS) is 31.9. The monoisotopic (exact) mass is 266 g/mol. The zero-order valence-electron chi connectivity index (χ0n) is 12.0. The van der Waals surface area contributed by atoms with Gasteiger partial charge in [0.05, 0.1) is 0 Å². The van der Waals surface area contributed by atoms with Crippen molar-refractivity contribution in [3.05, 3.63) is 0 Å². The van der Waals surface area contributed by atoms with Crippen molar-refractivity contribution < 1.29 is 9.53 Å². The Balaban J connectivity index is 1.47. The molecule has 2 heterocycles. The molecule has 4 nitrogen and oxygen atoms in total. The molecule has 0 bridgehead atoms. The van der Waals surface area contributed by atoms with Gasteiger partial charge < -0.3 is 15.4 Å². The van der Waals surface area contributed by atoms with Crippen molar-refractivity contribution in [2.75, 3.05) is 32.8 Å². The minimum Gasteiger partial charge on any atom is -0.381 e. The molecule has 1 atom stereocenters. The fourth-order valence-corrected chi connectivity index (χ4v) is 3.66. The van der Waals surface area contributed by atoms with Crippen molar-refractivity contribution in [3.63, 3.8) is 0 Å². The standard InChI is InChI=1S/C15H26N2O2/c1-14(4-8-19-9-5-14)11-17-13(18)12-10-15(12)2-6-16-7-3-15/h12,16H,2-11H2,1H3,(H,17,18). The molecule has 1 amide bonds. The smallest absolute Gasteiger partial charge is 0.223 e. The molecule has 108 valence electrons. The number of piperidine rings is 1. The van der Waals surface area contributed by atoms with Gasteiger partial charge in [0, 0.05) is 25.7 Å². The second-order valence-corrected chi connectivity index (χ2v) is 7.01. The van der Waals surface area contributed by atoms with E-state index in [0.717, 1.165) is 52.1 Å². The van der Waals surface area contributed by atoms with Crippen molar-refractivity contribution >= 4 is 5.91 Å². The van der Waals surface area contributed by atoms with Gasteiger partial charge in [-0.3, -0.25) is 4.79 Å². The fraction of sp³-hybridized carbons (Fsp3) is 0.933. The van der Waals surface area contributed by atoms with E-state index in [0.29, 0.717) is 11.3 Å². The minimum atomic E-state index is 0.240. The SMILES string of the molecule is CC1(CNC(=O)C2CC23CCNCC3)CCOCC1. The van der Waals surface area contributed by atoms with E-state index in [9.17, 15) is 4.79 Å². The maximum absolute atomic E-state index is 12.3. The molecule has 0 aromatic heterocycles. The minimum absolute atomic E-state index is 0.240. The number of nitrogens with one attached hydrogen (secondary N) is 2. The van der Waals surface area contributed by atoms with Crippen LogP contribution in [0.4, 0.5) is 0 Å². The van der Waals surface area contributed by atoms with E-state index in [4.69, 9.17) is 4.74 Å². The lowest BCUT2D eigenvalue weighted by Gasteiger charge is -2.33. The van der Waals surface area contributed by atoms with Crippen molar-refractivity contribution in [3.8, 4) is 0 Å². The van der Waals surface area contributed by atoms with Crippen LogP contribution in [0.3, 0.4) is 0 Å². The first kappa shape index (κ1) is 13.4. The Hall–Kier alpha value is -0.610. The van der Waals surface area contributed by atoms with Gasteiger partial charge in [0.25, 0.3) is 0 Å². The summed E-state index contributed by atoms with van der Waals surface area (Å²) in [4.78, 5) is 12.3. The van der Waals surface area contributed by atoms with Crippen LogP contribution in [-0.4, -0.2) is 38.8 Å². The maximum atomic E-state index is 12.3. The molecule has 3 rings (SSSR count). The first-order chi connectivity index (χ1) is 9.14. The van der Waals surface area contributed by atoms with Gasteiger partial charge in [0.1, 0.15) is 0 Å². The summed E-state index contributed by atoms with van der Waals surface area (Å²) < 4.78 is 5.40. The number of rotatable bonds is 3. The number of carbonyl (C=O) groups excluding carboxylic acids is 1. The zero-order valence-corrected chi connectivity index (χ0v) is 12.0. The highest BCUT2D eigenvalue weighted by atomic mass is 16.5. The van der Waals surface area contributed by atoms with Gasteiger partial charge in [0.15, 0.2) is 0 Å². The Morgan fingerprint density at radius 2 is 1.95 bits per heavy atom. The molecule has 3 aliphatic rings. The summed E-state index contributed by atoms with van der Waals surface area (Å²) in [6.07, 6.45) is 5.59. The number of amides is 1.